The van der Waals surface area contributed by atoms with Crippen molar-refractivity contribution >= 4 is 46.0 Å². The van der Waals surface area contributed by atoms with Gasteiger partial charge in [0.1, 0.15) is 0 Å². The van der Waals surface area contributed by atoms with Crippen molar-refractivity contribution < 1.29 is 27.9 Å². The number of nitrogens with zero attached hydrogens (tertiary/aromatic N) is 1. The number of benzene rings is 2. The molecule has 0 unspecified atom stereocenters. The number of hydrogen-bond donors (Lipinski definition) is 2. The molecule has 0 aliphatic heterocycles. The number of aryl methyl sites for hydroxylation is 2. The molecular formula is C26H25Cl2F3N2O3. The summed E-state index contributed by atoms with van der Waals surface area (Å²) in [7, 11) is 1.68. The van der Waals surface area contributed by atoms with Gasteiger partial charge < -0.3 is 15.0 Å². The van der Waals surface area contributed by atoms with Gasteiger partial charge >= 0.3 is 12.1 Å². The quantitative estimate of drug-likeness (QED) is 0.374. The highest BCUT2D eigenvalue weighted by Gasteiger charge is 2.32. The smallest absolute Gasteiger partial charge is 0.416 e. The number of carboxylic acids is 1. The Morgan fingerprint density at radius 1 is 1.11 bits per heavy atom. The molecule has 3 aromatic rings. The number of carboxylic acid groups (broad SMARTS) is 1. The number of hydrogen-bond acceptors (Lipinski definition) is 2. The first kappa shape index (κ1) is 26.4. The van der Waals surface area contributed by atoms with Crippen molar-refractivity contribution in [3.63, 3.8) is 0 Å². The molecule has 10 heteroatoms. The molecular weight excluding hydrogens is 516 g/mol. The molecule has 0 bridgehead atoms. The highest BCUT2D eigenvalue weighted by Crippen LogP contribution is 2.36. The van der Waals surface area contributed by atoms with Gasteiger partial charge in [0.25, 0.3) is 5.91 Å². The SMILES string of the molecule is Cc1cc(C(F)(F)F)cc2c1cc(Cc1c(Cl)ccc(C(=O)NC3CCC(C(=O)O)CC3)c1Cl)n2C. The van der Waals surface area contributed by atoms with Crippen molar-refractivity contribution in [1.82, 2.24) is 9.88 Å². The monoisotopic (exact) mass is 540 g/mol. The number of carbonyl (C=O) groups is 2. The Balaban J connectivity index is 1.60. The molecule has 1 amide bonds. The Morgan fingerprint density at radius 3 is 2.39 bits per heavy atom. The third kappa shape index (κ3) is 5.20. The molecule has 0 atom stereocenters. The maximum Gasteiger partial charge on any atom is 0.416 e. The van der Waals surface area contributed by atoms with Gasteiger partial charge in [0, 0.05) is 41.1 Å². The van der Waals surface area contributed by atoms with Crippen LogP contribution in [0.15, 0.2) is 30.3 Å². The molecule has 2 aromatic carbocycles. The minimum atomic E-state index is -4.45. The lowest BCUT2D eigenvalue weighted by Gasteiger charge is -2.27. The minimum Gasteiger partial charge on any atom is -0.481 e. The molecule has 0 spiro atoms. The van der Waals surface area contributed by atoms with Crippen LogP contribution in [-0.2, 0) is 24.4 Å². The molecule has 4 rings (SSSR count). The van der Waals surface area contributed by atoms with E-state index in [9.17, 15) is 22.8 Å². The van der Waals surface area contributed by atoms with E-state index in [-0.39, 0.29) is 34.9 Å². The molecule has 1 heterocycles. The summed E-state index contributed by atoms with van der Waals surface area (Å²) in [5, 5.41) is 13.3. The summed E-state index contributed by atoms with van der Waals surface area (Å²) in [6, 6.07) is 7.03. The third-order valence-corrected chi connectivity index (χ3v) is 7.78. The van der Waals surface area contributed by atoms with Gasteiger partial charge in [0.05, 0.1) is 22.1 Å². The summed E-state index contributed by atoms with van der Waals surface area (Å²) >= 11 is 13.1. The predicted octanol–water partition coefficient (Wildman–Crippen LogP) is 6.78. The standard InChI is InChI=1S/C26H25Cl2F3N2O3/c1-13-9-15(26(29,30)31)10-22-19(13)11-17(33(22)2)12-20-21(27)8-7-18(23(20)28)24(34)32-16-5-3-14(4-6-16)25(35)36/h7-11,14,16H,3-6,12H2,1-2H3,(H,32,34)(H,35,36). The zero-order valence-corrected chi connectivity index (χ0v) is 21.2. The Kier molecular flexibility index (Phi) is 7.30. The maximum atomic E-state index is 13.3. The minimum absolute atomic E-state index is 0.146. The molecule has 1 aromatic heterocycles. The van der Waals surface area contributed by atoms with Crippen LogP contribution in [0.2, 0.25) is 10.0 Å². The molecule has 5 nitrogen and oxygen atoms in total. The van der Waals surface area contributed by atoms with Gasteiger partial charge in [0.15, 0.2) is 0 Å². The van der Waals surface area contributed by atoms with Crippen molar-refractivity contribution in [3.05, 3.63) is 68.3 Å². The van der Waals surface area contributed by atoms with Crippen molar-refractivity contribution in [2.45, 2.75) is 51.2 Å². The summed E-state index contributed by atoms with van der Waals surface area (Å²) in [5.41, 5.74) is 1.67. The molecule has 1 fully saturated rings. The van der Waals surface area contributed by atoms with Crippen LogP contribution >= 0.6 is 23.2 Å². The zero-order chi connectivity index (χ0) is 26.4. The van der Waals surface area contributed by atoms with Gasteiger partial charge in [0.2, 0.25) is 0 Å². The second-order valence-electron chi connectivity index (χ2n) is 9.34. The van der Waals surface area contributed by atoms with Gasteiger partial charge in [-0.3, -0.25) is 9.59 Å². The number of alkyl halides is 3. The lowest BCUT2D eigenvalue weighted by Crippen LogP contribution is -2.38. The largest absolute Gasteiger partial charge is 0.481 e. The maximum absolute atomic E-state index is 13.3. The van der Waals surface area contributed by atoms with E-state index in [4.69, 9.17) is 28.3 Å². The van der Waals surface area contributed by atoms with Crippen LogP contribution in [0.1, 0.15) is 58.4 Å². The van der Waals surface area contributed by atoms with Crippen molar-refractivity contribution in [1.29, 1.82) is 0 Å². The van der Waals surface area contributed by atoms with E-state index in [1.54, 1.807) is 24.6 Å². The lowest BCUT2D eigenvalue weighted by molar-refractivity contribution is -0.143. The van der Waals surface area contributed by atoms with Crippen LogP contribution in [-0.4, -0.2) is 27.6 Å². The van der Waals surface area contributed by atoms with Crippen molar-refractivity contribution in [3.8, 4) is 0 Å². The summed E-state index contributed by atoms with van der Waals surface area (Å²) in [6.07, 6.45) is -2.11. The van der Waals surface area contributed by atoms with Crippen LogP contribution in [0, 0.1) is 12.8 Å². The number of halogens is 5. The first-order valence-electron chi connectivity index (χ1n) is 11.5. The highest BCUT2D eigenvalue weighted by molar-refractivity contribution is 6.38. The molecule has 0 radical (unpaired) electrons. The Hall–Kier alpha value is -2.71. The van der Waals surface area contributed by atoms with Crippen LogP contribution in [0.25, 0.3) is 10.9 Å². The van der Waals surface area contributed by atoms with Gasteiger partial charge in [-0.1, -0.05) is 23.2 Å². The van der Waals surface area contributed by atoms with Crippen LogP contribution in [0.5, 0.6) is 0 Å². The lowest BCUT2D eigenvalue weighted by atomic mass is 9.86. The van der Waals surface area contributed by atoms with E-state index in [1.165, 1.54) is 6.07 Å². The fraction of sp³-hybridized carbons (Fsp3) is 0.385. The normalized spacial score (nSPS) is 18.4. The van der Waals surface area contributed by atoms with Gasteiger partial charge in [-0.05, 0) is 74.1 Å². The second kappa shape index (κ2) is 9.98. The fourth-order valence-electron chi connectivity index (χ4n) is 4.86. The first-order chi connectivity index (χ1) is 16.9. The number of carbonyl (C=O) groups excluding carboxylic acids is 1. The van der Waals surface area contributed by atoms with Gasteiger partial charge in [-0.15, -0.1) is 0 Å². The zero-order valence-electron chi connectivity index (χ0n) is 19.7. The summed E-state index contributed by atoms with van der Waals surface area (Å²) in [5.74, 6) is -1.58. The number of aliphatic carboxylic acids is 1. The molecule has 1 aliphatic rings. The number of aromatic nitrogens is 1. The average molecular weight is 541 g/mol. The van der Waals surface area contributed by atoms with Crippen molar-refractivity contribution in [2.24, 2.45) is 13.0 Å². The fourth-order valence-corrected chi connectivity index (χ4v) is 5.45. The number of fused-ring (bicyclic) bond motifs is 1. The Morgan fingerprint density at radius 2 is 1.78 bits per heavy atom. The van der Waals surface area contributed by atoms with Crippen LogP contribution in [0.3, 0.4) is 0 Å². The molecule has 0 saturated heterocycles. The van der Waals surface area contributed by atoms with E-state index in [0.29, 0.717) is 58.4 Å². The Labute approximate surface area is 216 Å². The molecule has 1 saturated carbocycles. The van der Waals surface area contributed by atoms with Gasteiger partial charge in [-0.2, -0.15) is 13.2 Å². The topological polar surface area (TPSA) is 71.3 Å². The summed E-state index contributed by atoms with van der Waals surface area (Å²) in [4.78, 5) is 24.1. The van der Waals surface area contributed by atoms with E-state index >= 15 is 0 Å². The predicted molar refractivity (Wildman–Crippen MR) is 133 cm³/mol. The summed E-state index contributed by atoms with van der Waals surface area (Å²) < 4.78 is 41.6. The van der Waals surface area contributed by atoms with E-state index < -0.39 is 17.7 Å². The number of amides is 1. The van der Waals surface area contributed by atoms with E-state index in [0.717, 1.165) is 12.1 Å². The highest BCUT2D eigenvalue weighted by atomic mass is 35.5. The summed E-state index contributed by atoms with van der Waals surface area (Å²) in [6.45, 7) is 1.64. The number of rotatable bonds is 5. The van der Waals surface area contributed by atoms with Gasteiger partial charge in [-0.25, -0.2) is 0 Å². The second-order valence-corrected chi connectivity index (χ2v) is 10.1. The van der Waals surface area contributed by atoms with Crippen LogP contribution < -0.4 is 5.32 Å². The van der Waals surface area contributed by atoms with Crippen molar-refractivity contribution in [2.75, 3.05) is 0 Å². The molecule has 192 valence electrons. The first-order valence-corrected chi connectivity index (χ1v) is 12.3. The number of nitrogens with one attached hydrogen (secondary N) is 1. The Bertz CT molecular complexity index is 1340. The van der Waals surface area contributed by atoms with E-state index in [1.807, 2.05) is 6.07 Å². The molecule has 1 aliphatic carbocycles. The third-order valence-electron chi connectivity index (χ3n) is 7.00. The molecule has 36 heavy (non-hydrogen) atoms. The average Bonchev–Trinajstić information content (AvgIpc) is 3.12. The molecule has 2 N–H and O–H groups in total. The van der Waals surface area contributed by atoms with Crippen LogP contribution in [0.4, 0.5) is 13.2 Å². The van der Waals surface area contributed by atoms with E-state index in [2.05, 4.69) is 5.32 Å².